The first kappa shape index (κ1) is 18.2. The van der Waals surface area contributed by atoms with Crippen LogP contribution in [0.4, 0.5) is 10.5 Å². The highest BCUT2D eigenvalue weighted by atomic mass is 16.2. The zero-order valence-electron chi connectivity index (χ0n) is 16.2. The molecule has 1 fully saturated rings. The highest BCUT2D eigenvalue weighted by Gasteiger charge is 2.54. The van der Waals surface area contributed by atoms with Gasteiger partial charge >= 0.3 is 6.03 Å². The Morgan fingerprint density at radius 1 is 1.29 bits per heavy atom. The van der Waals surface area contributed by atoms with Crippen LogP contribution >= 0.6 is 0 Å². The van der Waals surface area contributed by atoms with E-state index >= 15 is 0 Å². The summed E-state index contributed by atoms with van der Waals surface area (Å²) in [7, 11) is 1.79. The Balaban J connectivity index is 1.57. The molecule has 0 bridgehead atoms. The number of amides is 4. The standard InChI is InChI=1S/C20H23N5O3/c1-12-17(13(2)24(3)23-12)21-16(26)11-25-18(27)20(22-19(25)28)10-6-8-14-7-4-5-9-15(14)20/h4-5,7,9H,6,8,10-11H2,1-3H3,(H,21,26)(H,22,28)/t20-/m0/s1. The predicted molar refractivity (Wildman–Crippen MR) is 103 cm³/mol. The molecule has 2 N–H and O–H groups in total. The first-order chi connectivity index (χ1) is 13.3. The molecule has 8 heteroatoms. The van der Waals surface area contributed by atoms with E-state index in [2.05, 4.69) is 15.7 Å². The SMILES string of the molecule is Cc1nn(C)c(C)c1NC(=O)CN1C(=O)N[C@]2(CCCc3ccccc32)C1=O. The summed E-state index contributed by atoms with van der Waals surface area (Å²) in [6.07, 6.45) is 2.21. The lowest BCUT2D eigenvalue weighted by molar-refractivity contribution is -0.134. The number of urea groups is 1. The van der Waals surface area contributed by atoms with Gasteiger partial charge in [-0.1, -0.05) is 24.3 Å². The third-order valence-electron chi connectivity index (χ3n) is 5.73. The second-order valence-corrected chi connectivity index (χ2v) is 7.46. The number of aryl methyl sites for hydroxylation is 3. The van der Waals surface area contributed by atoms with Crippen LogP contribution in [0.25, 0.3) is 0 Å². The molecule has 1 saturated heterocycles. The molecule has 4 amide bonds. The lowest BCUT2D eigenvalue weighted by Crippen LogP contribution is -2.47. The van der Waals surface area contributed by atoms with Crippen LogP contribution in [0.15, 0.2) is 24.3 Å². The van der Waals surface area contributed by atoms with Gasteiger partial charge in [-0.3, -0.25) is 19.2 Å². The van der Waals surface area contributed by atoms with Crippen molar-refractivity contribution in [1.82, 2.24) is 20.0 Å². The number of nitrogens with one attached hydrogen (secondary N) is 2. The topological polar surface area (TPSA) is 96.3 Å². The highest BCUT2D eigenvalue weighted by molar-refractivity contribution is 6.10. The lowest BCUT2D eigenvalue weighted by Gasteiger charge is -2.33. The van der Waals surface area contributed by atoms with Gasteiger partial charge in [0.1, 0.15) is 12.1 Å². The average Bonchev–Trinajstić information content (AvgIpc) is 3.04. The van der Waals surface area contributed by atoms with Gasteiger partial charge in [-0.05, 0) is 44.2 Å². The molecule has 1 atom stereocenters. The zero-order valence-corrected chi connectivity index (χ0v) is 16.2. The number of nitrogens with zero attached hydrogens (tertiary/aromatic N) is 3. The summed E-state index contributed by atoms with van der Waals surface area (Å²) in [6.45, 7) is 3.31. The Hall–Kier alpha value is -3.16. The summed E-state index contributed by atoms with van der Waals surface area (Å²) in [5, 5.41) is 9.90. The molecule has 146 valence electrons. The number of benzene rings is 1. The van der Waals surface area contributed by atoms with Crippen molar-refractivity contribution < 1.29 is 14.4 Å². The van der Waals surface area contributed by atoms with Crippen molar-refractivity contribution in [2.24, 2.45) is 7.05 Å². The Morgan fingerprint density at radius 3 is 2.75 bits per heavy atom. The van der Waals surface area contributed by atoms with E-state index in [9.17, 15) is 14.4 Å². The van der Waals surface area contributed by atoms with Gasteiger partial charge in [0.05, 0.1) is 17.1 Å². The molecule has 0 radical (unpaired) electrons. The van der Waals surface area contributed by atoms with E-state index in [1.807, 2.05) is 31.2 Å². The first-order valence-corrected chi connectivity index (χ1v) is 9.36. The minimum atomic E-state index is -1.06. The maximum Gasteiger partial charge on any atom is 0.325 e. The molecule has 0 saturated carbocycles. The molecule has 1 aliphatic heterocycles. The average molecular weight is 381 g/mol. The fourth-order valence-corrected chi connectivity index (χ4v) is 4.23. The van der Waals surface area contributed by atoms with Crippen LogP contribution in [0, 0.1) is 13.8 Å². The predicted octanol–water partition coefficient (Wildman–Crippen LogP) is 1.76. The molecular formula is C20H23N5O3. The summed E-state index contributed by atoms with van der Waals surface area (Å²) < 4.78 is 1.67. The van der Waals surface area contributed by atoms with Crippen LogP contribution in [0.5, 0.6) is 0 Å². The van der Waals surface area contributed by atoms with Gasteiger partial charge in [0.2, 0.25) is 5.91 Å². The van der Waals surface area contributed by atoms with Crippen LogP contribution in [-0.2, 0) is 28.6 Å². The third-order valence-corrected chi connectivity index (χ3v) is 5.73. The van der Waals surface area contributed by atoms with E-state index < -0.39 is 17.5 Å². The van der Waals surface area contributed by atoms with Crippen LogP contribution in [-0.4, -0.2) is 39.1 Å². The molecule has 4 rings (SSSR count). The number of fused-ring (bicyclic) bond motifs is 2. The number of aromatic nitrogens is 2. The van der Waals surface area contributed by atoms with Crippen LogP contribution in [0.3, 0.4) is 0 Å². The van der Waals surface area contributed by atoms with E-state index in [-0.39, 0.29) is 12.5 Å². The monoisotopic (exact) mass is 381 g/mol. The number of hydrogen-bond acceptors (Lipinski definition) is 4. The number of imide groups is 1. The second-order valence-electron chi connectivity index (χ2n) is 7.46. The van der Waals surface area contributed by atoms with E-state index in [0.29, 0.717) is 17.8 Å². The first-order valence-electron chi connectivity index (χ1n) is 9.36. The molecule has 1 aromatic heterocycles. The van der Waals surface area contributed by atoms with Gasteiger partial charge in [-0.15, -0.1) is 0 Å². The van der Waals surface area contributed by atoms with Crippen LogP contribution in [0.1, 0.15) is 35.4 Å². The minimum Gasteiger partial charge on any atom is -0.321 e. The molecule has 2 heterocycles. The summed E-state index contributed by atoms with van der Waals surface area (Å²) in [5.41, 5.74) is 2.93. The fourth-order valence-electron chi connectivity index (χ4n) is 4.23. The fraction of sp³-hybridized carbons (Fsp3) is 0.400. The molecule has 2 aliphatic rings. The molecule has 28 heavy (non-hydrogen) atoms. The van der Waals surface area contributed by atoms with E-state index in [1.54, 1.807) is 18.7 Å². The molecule has 2 aromatic rings. The quantitative estimate of drug-likeness (QED) is 0.792. The van der Waals surface area contributed by atoms with Gasteiger partial charge in [0.15, 0.2) is 0 Å². The molecule has 1 aliphatic carbocycles. The molecular weight excluding hydrogens is 358 g/mol. The lowest BCUT2D eigenvalue weighted by atomic mass is 9.76. The van der Waals surface area contributed by atoms with Gasteiger partial charge in [-0.25, -0.2) is 4.79 Å². The van der Waals surface area contributed by atoms with E-state index in [0.717, 1.165) is 34.6 Å². The van der Waals surface area contributed by atoms with Crippen molar-refractivity contribution >= 4 is 23.5 Å². The summed E-state index contributed by atoms with van der Waals surface area (Å²) in [6, 6.07) is 7.14. The zero-order chi connectivity index (χ0) is 20.1. The van der Waals surface area contributed by atoms with E-state index in [1.165, 1.54) is 0 Å². The number of carbonyl (C=O) groups is 3. The van der Waals surface area contributed by atoms with Crippen molar-refractivity contribution in [2.75, 3.05) is 11.9 Å². The second kappa shape index (κ2) is 6.47. The summed E-state index contributed by atoms with van der Waals surface area (Å²) >= 11 is 0. The molecule has 1 spiro atoms. The van der Waals surface area contributed by atoms with Crippen molar-refractivity contribution in [1.29, 1.82) is 0 Å². The number of anilines is 1. The van der Waals surface area contributed by atoms with Crippen LogP contribution in [0.2, 0.25) is 0 Å². The molecule has 1 aromatic carbocycles. The minimum absolute atomic E-state index is 0.331. The van der Waals surface area contributed by atoms with E-state index in [4.69, 9.17) is 0 Å². The van der Waals surface area contributed by atoms with Gasteiger partial charge in [-0.2, -0.15) is 5.10 Å². The Kier molecular flexibility index (Phi) is 4.21. The summed E-state index contributed by atoms with van der Waals surface area (Å²) in [4.78, 5) is 39.4. The van der Waals surface area contributed by atoms with Crippen LogP contribution < -0.4 is 10.6 Å². The van der Waals surface area contributed by atoms with Gasteiger partial charge < -0.3 is 10.6 Å². The third kappa shape index (κ3) is 2.67. The maximum atomic E-state index is 13.2. The Labute approximate surface area is 162 Å². The Morgan fingerprint density at radius 2 is 2.04 bits per heavy atom. The number of hydrogen-bond donors (Lipinski definition) is 2. The number of rotatable bonds is 3. The van der Waals surface area contributed by atoms with Crippen molar-refractivity contribution in [3.63, 3.8) is 0 Å². The van der Waals surface area contributed by atoms with Crippen molar-refractivity contribution in [3.8, 4) is 0 Å². The largest absolute Gasteiger partial charge is 0.325 e. The number of carbonyl (C=O) groups excluding carboxylic acids is 3. The molecule has 8 nitrogen and oxygen atoms in total. The summed E-state index contributed by atoms with van der Waals surface area (Å²) in [5.74, 6) is -0.789. The normalized spacial score (nSPS) is 21.0. The van der Waals surface area contributed by atoms with Gasteiger partial charge in [0, 0.05) is 7.05 Å². The van der Waals surface area contributed by atoms with Crippen molar-refractivity contribution in [2.45, 2.75) is 38.6 Å². The molecule has 0 unspecified atom stereocenters. The van der Waals surface area contributed by atoms with Crippen molar-refractivity contribution in [3.05, 3.63) is 46.8 Å². The van der Waals surface area contributed by atoms with Gasteiger partial charge in [0.25, 0.3) is 5.91 Å². The smallest absolute Gasteiger partial charge is 0.321 e. The maximum absolute atomic E-state index is 13.2. The Bertz CT molecular complexity index is 996. The highest BCUT2D eigenvalue weighted by Crippen LogP contribution is 2.39.